The van der Waals surface area contributed by atoms with Crippen LogP contribution in [0.25, 0.3) is 0 Å². The molecule has 0 aliphatic heterocycles. The molecule has 0 fully saturated rings. The van der Waals surface area contributed by atoms with Crippen molar-refractivity contribution in [2.24, 2.45) is 5.92 Å². The summed E-state index contributed by atoms with van der Waals surface area (Å²) in [5.41, 5.74) is 1.84. The van der Waals surface area contributed by atoms with E-state index in [1.807, 2.05) is 6.92 Å². The summed E-state index contributed by atoms with van der Waals surface area (Å²) in [5.74, 6) is -0.582. The SMILES string of the molecule is CCCOC(=O)c1c(NC(=O)c2ccc(F)cc2)sc2c1CCC(C)C2. The van der Waals surface area contributed by atoms with Crippen LogP contribution in [0.3, 0.4) is 0 Å². The third-order valence-corrected chi connectivity index (χ3v) is 5.66. The first-order valence-electron chi connectivity index (χ1n) is 8.88. The molecule has 1 aromatic heterocycles. The van der Waals surface area contributed by atoms with E-state index in [9.17, 15) is 14.0 Å². The number of nitrogens with one attached hydrogen (secondary N) is 1. The third-order valence-electron chi connectivity index (χ3n) is 4.49. The van der Waals surface area contributed by atoms with Crippen molar-refractivity contribution in [2.75, 3.05) is 11.9 Å². The lowest BCUT2D eigenvalue weighted by atomic mass is 9.88. The molecule has 2 aromatic rings. The first kappa shape index (κ1) is 18.6. The Labute approximate surface area is 156 Å². The first-order valence-corrected chi connectivity index (χ1v) is 9.69. The van der Waals surface area contributed by atoms with E-state index in [0.29, 0.717) is 28.7 Å². The molecule has 3 rings (SSSR count). The van der Waals surface area contributed by atoms with Gasteiger partial charge in [-0.15, -0.1) is 11.3 Å². The summed E-state index contributed by atoms with van der Waals surface area (Å²) in [6, 6.07) is 5.34. The zero-order valence-electron chi connectivity index (χ0n) is 14.9. The number of anilines is 1. The van der Waals surface area contributed by atoms with Gasteiger partial charge in [0.15, 0.2) is 0 Å². The lowest BCUT2D eigenvalue weighted by molar-refractivity contribution is 0.0505. The minimum absolute atomic E-state index is 0.346. The van der Waals surface area contributed by atoms with Crippen molar-refractivity contribution in [3.63, 3.8) is 0 Å². The molecule has 1 aliphatic rings. The lowest BCUT2D eigenvalue weighted by Crippen LogP contribution is -2.17. The number of hydrogen-bond acceptors (Lipinski definition) is 4. The Morgan fingerprint density at radius 1 is 1.31 bits per heavy atom. The molecule has 26 heavy (non-hydrogen) atoms. The molecular weight excluding hydrogens is 353 g/mol. The molecule has 0 spiro atoms. The molecule has 1 aliphatic carbocycles. The molecule has 4 nitrogen and oxygen atoms in total. The lowest BCUT2D eigenvalue weighted by Gasteiger charge is -2.18. The van der Waals surface area contributed by atoms with Gasteiger partial charge < -0.3 is 10.1 Å². The number of hydrogen-bond donors (Lipinski definition) is 1. The molecule has 0 bridgehead atoms. The number of benzene rings is 1. The number of ether oxygens (including phenoxy) is 1. The molecule has 1 aromatic carbocycles. The Kier molecular flexibility index (Phi) is 5.71. The van der Waals surface area contributed by atoms with Gasteiger partial charge in [0.1, 0.15) is 10.8 Å². The zero-order chi connectivity index (χ0) is 18.7. The third kappa shape index (κ3) is 3.96. The van der Waals surface area contributed by atoms with Crippen molar-refractivity contribution in [1.82, 2.24) is 0 Å². The maximum absolute atomic E-state index is 13.1. The Hall–Kier alpha value is -2.21. The molecule has 1 heterocycles. The van der Waals surface area contributed by atoms with Crippen LogP contribution in [0.1, 0.15) is 57.8 Å². The van der Waals surface area contributed by atoms with Crippen LogP contribution in [-0.2, 0) is 17.6 Å². The monoisotopic (exact) mass is 375 g/mol. The topological polar surface area (TPSA) is 55.4 Å². The van der Waals surface area contributed by atoms with Gasteiger partial charge in [0.2, 0.25) is 0 Å². The van der Waals surface area contributed by atoms with E-state index in [-0.39, 0.29) is 11.9 Å². The number of esters is 1. The van der Waals surface area contributed by atoms with Crippen LogP contribution in [0.5, 0.6) is 0 Å². The number of amides is 1. The van der Waals surface area contributed by atoms with Crippen LogP contribution in [0.15, 0.2) is 24.3 Å². The van der Waals surface area contributed by atoms with Gasteiger partial charge in [0, 0.05) is 10.4 Å². The molecule has 1 amide bonds. The largest absolute Gasteiger partial charge is 0.462 e. The summed E-state index contributed by atoms with van der Waals surface area (Å²) < 4.78 is 18.4. The fourth-order valence-electron chi connectivity index (χ4n) is 3.10. The second-order valence-corrected chi connectivity index (χ2v) is 7.76. The fourth-order valence-corrected chi connectivity index (χ4v) is 4.49. The van der Waals surface area contributed by atoms with E-state index < -0.39 is 5.82 Å². The Bertz CT molecular complexity index is 813. The molecule has 1 unspecified atom stereocenters. The van der Waals surface area contributed by atoms with Crippen molar-refractivity contribution >= 4 is 28.2 Å². The summed E-state index contributed by atoms with van der Waals surface area (Å²) in [7, 11) is 0. The van der Waals surface area contributed by atoms with E-state index >= 15 is 0 Å². The van der Waals surface area contributed by atoms with Gasteiger partial charge in [0.05, 0.1) is 12.2 Å². The number of carbonyl (C=O) groups is 2. The predicted octanol–water partition coefficient (Wildman–Crippen LogP) is 4.83. The Morgan fingerprint density at radius 3 is 2.73 bits per heavy atom. The van der Waals surface area contributed by atoms with Gasteiger partial charge in [-0.3, -0.25) is 4.79 Å². The van der Waals surface area contributed by atoms with Crippen LogP contribution in [0, 0.1) is 11.7 Å². The molecule has 0 saturated heterocycles. The number of carbonyl (C=O) groups excluding carboxylic acids is 2. The molecular formula is C20H22FNO3S. The number of rotatable bonds is 5. The van der Waals surface area contributed by atoms with Gasteiger partial charge in [-0.1, -0.05) is 13.8 Å². The average molecular weight is 375 g/mol. The standard InChI is InChI=1S/C20H22FNO3S/c1-3-10-25-20(24)17-15-9-4-12(2)11-16(15)26-19(17)22-18(23)13-5-7-14(21)8-6-13/h5-8,12H,3-4,9-11H2,1-2H3,(H,22,23). The van der Waals surface area contributed by atoms with Crippen molar-refractivity contribution in [2.45, 2.75) is 39.5 Å². The maximum atomic E-state index is 13.1. The highest BCUT2D eigenvalue weighted by atomic mass is 32.1. The smallest absolute Gasteiger partial charge is 0.341 e. The summed E-state index contributed by atoms with van der Waals surface area (Å²) in [6.45, 7) is 4.48. The second-order valence-electron chi connectivity index (χ2n) is 6.65. The van der Waals surface area contributed by atoms with E-state index in [1.54, 1.807) is 0 Å². The minimum Gasteiger partial charge on any atom is -0.462 e. The summed E-state index contributed by atoms with van der Waals surface area (Å²) >= 11 is 1.45. The van der Waals surface area contributed by atoms with E-state index in [1.165, 1.54) is 35.6 Å². The minimum atomic E-state index is -0.397. The van der Waals surface area contributed by atoms with Crippen molar-refractivity contribution in [3.05, 3.63) is 51.7 Å². The average Bonchev–Trinajstić information content (AvgIpc) is 2.97. The molecule has 6 heteroatoms. The van der Waals surface area contributed by atoms with Crippen LogP contribution < -0.4 is 5.32 Å². The Balaban J connectivity index is 1.91. The molecule has 138 valence electrons. The summed E-state index contributed by atoms with van der Waals surface area (Å²) in [4.78, 5) is 26.2. The van der Waals surface area contributed by atoms with E-state index in [4.69, 9.17) is 4.74 Å². The van der Waals surface area contributed by atoms with Crippen LogP contribution in [-0.4, -0.2) is 18.5 Å². The van der Waals surface area contributed by atoms with Crippen LogP contribution in [0.4, 0.5) is 9.39 Å². The number of halogens is 1. The fraction of sp³-hybridized carbons (Fsp3) is 0.400. The van der Waals surface area contributed by atoms with Gasteiger partial charge in [-0.05, 0) is 61.4 Å². The first-order chi connectivity index (χ1) is 12.5. The van der Waals surface area contributed by atoms with Gasteiger partial charge in [-0.25, -0.2) is 9.18 Å². The van der Waals surface area contributed by atoms with E-state index in [2.05, 4.69) is 12.2 Å². The Morgan fingerprint density at radius 2 is 2.04 bits per heavy atom. The molecule has 1 N–H and O–H groups in total. The quantitative estimate of drug-likeness (QED) is 0.762. The van der Waals surface area contributed by atoms with Gasteiger partial charge >= 0.3 is 5.97 Å². The number of thiophene rings is 1. The normalized spacial score (nSPS) is 16.0. The van der Waals surface area contributed by atoms with Crippen molar-refractivity contribution < 1.29 is 18.7 Å². The zero-order valence-corrected chi connectivity index (χ0v) is 15.7. The molecule has 1 atom stereocenters. The molecule has 0 radical (unpaired) electrons. The summed E-state index contributed by atoms with van der Waals surface area (Å²) in [6.07, 6.45) is 3.48. The molecule has 0 saturated carbocycles. The van der Waals surface area contributed by atoms with Gasteiger partial charge in [-0.2, -0.15) is 0 Å². The van der Waals surface area contributed by atoms with Crippen LogP contribution in [0.2, 0.25) is 0 Å². The van der Waals surface area contributed by atoms with E-state index in [0.717, 1.165) is 36.1 Å². The van der Waals surface area contributed by atoms with Crippen molar-refractivity contribution in [3.8, 4) is 0 Å². The maximum Gasteiger partial charge on any atom is 0.341 e. The second kappa shape index (κ2) is 7.99. The highest BCUT2D eigenvalue weighted by Crippen LogP contribution is 2.40. The predicted molar refractivity (Wildman–Crippen MR) is 100 cm³/mol. The van der Waals surface area contributed by atoms with Crippen LogP contribution >= 0.6 is 11.3 Å². The summed E-state index contributed by atoms with van der Waals surface area (Å²) in [5, 5.41) is 3.36. The highest BCUT2D eigenvalue weighted by molar-refractivity contribution is 7.17. The highest BCUT2D eigenvalue weighted by Gasteiger charge is 2.29. The van der Waals surface area contributed by atoms with Gasteiger partial charge in [0.25, 0.3) is 5.91 Å². The number of fused-ring (bicyclic) bond motifs is 1. The van der Waals surface area contributed by atoms with Crippen molar-refractivity contribution in [1.29, 1.82) is 0 Å².